The molecular formula is C28H32N4O6S. The second kappa shape index (κ2) is 10.9. The van der Waals surface area contributed by atoms with Crippen LogP contribution in [-0.4, -0.2) is 54.3 Å². The van der Waals surface area contributed by atoms with E-state index in [1.54, 1.807) is 57.3 Å². The standard InChI is InChI=1S/C28H32N4O6S/c1-18-5-8-22(9-6-18)39(35,36)32(26(33)20-11-13-30-16-20)14-12-21-17-37-24-10-7-19(15-23(21)24)25(29)31-27(34)38-28(2,3)4/h5-11,13,15-16,21,30H,12,14,17H2,1-4H3,(H2,29,31,34). The van der Waals surface area contributed by atoms with Crippen LogP contribution in [0.15, 0.2) is 65.8 Å². The van der Waals surface area contributed by atoms with E-state index < -0.39 is 27.6 Å². The number of carbonyl (C=O) groups is 2. The predicted octanol–water partition coefficient (Wildman–Crippen LogP) is 4.57. The molecular weight excluding hydrogens is 520 g/mol. The topological polar surface area (TPSA) is 142 Å². The van der Waals surface area contributed by atoms with E-state index in [1.165, 1.54) is 24.4 Å². The van der Waals surface area contributed by atoms with Crippen LogP contribution < -0.4 is 10.1 Å². The van der Waals surface area contributed by atoms with Crippen LogP contribution in [-0.2, 0) is 14.8 Å². The zero-order chi connectivity index (χ0) is 28.4. The van der Waals surface area contributed by atoms with Gasteiger partial charge in [-0.3, -0.25) is 15.5 Å². The van der Waals surface area contributed by atoms with E-state index in [-0.39, 0.29) is 28.8 Å². The Bertz CT molecular complexity index is 1480. The molecule has 0 radical (unpaired) electrons. The summed E-state index contributed by atoms with van der Waals surface area (Å²) in [6.45, 7) is 7.27. The number of nitrogens with zero attached hydrogens (tertiary/aromatic N) is 1. The van der Waals surface area contributed by atoms with Crippen molar-refractivity contribution < 1.29 is 27.5 Å². The Balaban J connectivity index is 1.54. The first kappa shape index (κ1) is 27.9. The van der Waals surface area contributed by atoms with Gasteiger partial charge in [-0.2, -0.15) is 0 Å². The summed E-state index contributed by atoms with van der Waals surface area (Å²) in [5, 5.41) is 10.7. The maximum atomic E-state index is 13.6. The first-order chi connectivity index (χ1) is 18.3. The van der Waals surface area contributed by atoms with E-state index in [0.717, 1.165) is 15.4 Å². The molecule has 0 fully saturated rings. The second-order valence-electron chi connectivity index (χ2n) is 10.3. The van der Waals surface area contributed by atoms with Crippen molar-refractivity contribution in [2.75, 3.05) is 13.2 Å². The van der Waals surface area contributed by atoms with Crippen molar-refractivity contribution in [3.8, 4) is 5.75 Å². The van der Waals surface area contributed by atoms with Crippen LogP contribution in [0.4, 0.5) is 4.79 Å². The lowest BCUT2D eigenvalue weighted by Gasteiger charge is -2.23. The molecule has 1 aliphatic rings. The summed E-state index contributed by atoms with van der Waals surface area (Å²) in [6.07, 6.45) is 2.59. The average molecular weight is 553 g/mol. The molecule has 3 aromatic rings. The number of aromatic nitrogens is 1. The number of hydrogen-bond donors (Lipinski definition) is 3. The fourth-order valence-electron chi connectivity index (χ4n) is 4.19. The maximum absolute atomic E-state index is 13.6. The predicted molar refractivity (Wildman–Crippen MR) is 146 cm³/mol. The molecule has 0 spiro atoms. The van der Waals surface area contributed by atoms with Gasteiger partial charge < -0.3 is 14.5 Å². The minimum absolute atomic E-state index is 0.0315. The molecule has 3 N–H and O–H groups in total. The summed E-state index contributed by atoms with van der Waals surface area (Å²) >= 11 is 0. The molecule has 1 aliphatic heterocycles. The molecule has 1 atom stereocenters. The number of hydrogen-bond acceptors (Lipinski definition) is 7. The Morgan fingerprint density at radius 1 is 1.13 bits per heavy atom. The first-order valence-corrected chi connectivity index (χ1v) is 13.9. The van der Waals surface area contributed by atoms with Crippen LogP contribution in [0.3, 0.4) is 0 Å². The zero-order valence-corrected chi connectivity index (χ0v) is 23.1. The Morgan fingerprint density at radius 3 is 2.49 bits per heavy atom. The Hall–Kier alpha value is -4.12. The van der Waals surface area contributed by atoms with Crippen molar-refractivity contribution in [1.82, 2.24) is 14.6 Å². The summed E-state index contributed by atoms with van der Waals surface area (Å²) < 4.78 is 39.0. The van der Waals surface area contributed by atoms with Crippen LogP contribution in [0.2, 0.25) is 0 Å². The number of rotatable bonds is 7. The lowest BCUT2D eigenvalue weighted by atomic mass is 9.96. The molecule has 11 heteroatoms. The van der Waals surface area contributed by atoms with Gasteiger partial charge >= 0.3 is 6.09 Å². The molecule has 2 amide bonds. The minimum atomic E-state index is -4.13. The van der Waals surface area contributed by atoms with Gasteiger partial charge in [-0.25, -0.2) is 17.5 Å². The van der Waals surface area contributed by atoms with Crippen LogP contribution in [0.25, 0.3) is 0 Å². The van der Waals surface area contributed by atoms with E-state index in [0.29, 0.717) is 24.3 Å². The van der Waals surface area contributed by atoms with Gasteiger partial charge in [-0.1, -0.05) is 17.7 Å². The van der Waals surface area contributed by atoms with E-state index in [1.807, 2.05) is 6.92 Å². The van der Waals surface area contributed by atoms with E-state index in [2.05, 4.69) is 10.3 Å². The SMILES string of the molecule is Cc1ccc(S(=O)(=O)N(CCC2COc3ccc(C(=N)NC(=O)OC(C)(C)C)cc32)C(=O)c2cc[nH]c2)cc1. The number of alkyl carbamates (subject to hydrolysis) is 1. The highest BCUT2D eigenvalue weighted by molar-refractivity contribution is 7.89. The van der Waals surface area contributed by atoms with E-state index in [4.69, 9.17) is 14.9 Å². The number of ether oxygens (including phenoxy) is 2. The number of amides is 2. The van der Waals surface area contributed by atoms with Crippen molar-refractivity contribution in [2.24, 2.45) is 0 Å². The molecule has 0 aliphatic carbocycles. The highest BCUT2D eigenvalue weighted by atomic mass is 32.2. The molecule has 10 nitrogen and oxygen atoms in total. The largest absolute Gasteiger partial charge is 0.493 e. The number of fused-ring (bicyclic) bond motifs is 1. The van der Waals surface area contributed by atoms with Crippen LogP contribution in [0.5, 0.6) is 5.75 Å². The van der Waals surface area contributed by atoms with Gasteiger partial charge in [0.25, 0.3) is 15.9 Å². The van der Waals surface area contributed by atoms with Gasteiger partial charge in [0.05, 0.1) is 17.1 Å². The molecule has 0 bridgehead atoms. The quantitative estimate of drug-likeness (QED) is 0.290. The molecule has 0 saturated heterocycles. The fourth-order valence-corrected chi connectivity index (χ4v) is 5.60. The number of nitrogens with one attached hydrogen (secondary N) is 3. The summed E-state index contributed by atoms with van der Waals surface area (Å²) in [5.74, 6) is -0.389. The van der Waals surface area contributed by atoms with Crippen LogP contribution in [0, 0.1) is 12.3 Å². The van der Waals surface area contributed by atoms with Crippen molar-refractivity contribution in [3.63, 3.8) is 0 Å². The van der Waals surface area contributed by atoms with Crippen molar-refractivity contribution in [2.45, 2.75) is 50.5 Å². The number of H-pyrrole nitrogens is 1. The summed E-state index contributed by atoms with van der Waals surface area (Å²) in [5.41, 5.74) is 1.65. The zero-order valence-electron chi connectivity index (χ0n) is 22.3. The number of aryl methyl sites for hydroxylation is 1. The number of amidine groups is 1. The van der Waals surface area contributed by atoms with Gasteiger partial charge in [0.15, 0.2) is 0 Å². The monoisotopic (exact) mass is 552 g/mol. The van der Waals surface area contributed by atoms with Gasteiger partial charge in [0, 0.05) is 36.0 Å². The summed E-state index contributed by atoms with van der Waals surface area (Å²) in [7, 11) is -4.13. The third-order valence-electron chi connectivity index (χ3n) is 6.17. The minimum Gasteiger partial charge on any atom is -0.493 e. The molecule has 2 aromatic carbocycles. The lowest BCUT2D eigenvalue weighted by Crippen LogP contribution is -2.38. The third kappa shape index (κ3) is 6.48. The molecule has 1 unspecified atom stereocenters. The van der Waals surface area contributed by atoms with Crippen molar-refractivity contribution in [3.05, 3.63) is 83.2 Å². The Labute approximate surface area is 227 Å². The lowest BCUT2D eigenvalue weighted by molar-refractivity contribution is 0.0562. The number of aromatic amines is 1. The Kier molecular flexibility index (Phi) is 7.82. The van der Waals surface area contributed by atoms with Crippen LogP contribution in [0.1, 0.15) is 60.2 Å². The van der Waals surface area contributed by atoms with Gasteiger partial charge in [0.2, 0.25) is 0 Å². The normalized spacial score (nSPS) is 14.7. The van der Waals surface area contributed by atoms with Crippen molar-refractivity contribution >= 4 is 27.9 Å². The highest BCUT2D eigenvalue weighted by Gasteiger charge is 2.33. The Morgan fingerprint density at radius 2 is 1.85 bits per heavy atom. The smallest absolute Gasteiger partial charge is 0.413 e. The third-order valence-corrected chi connectivity index (χ3v) is 7.96. The molecule has 2 heterocycles. The van der Waals surface area contributed by atoms with Crippen LogP contribution >= 0.6 is 0 Å². The summed E-state index contributed by atoms with van der Waals surface area (Å²) in [6, 6.07) is 13.0. The first-order valence-electron chi connectivity index (χ1n) is 12.5. The fraction of sp³-hybridized carbons (Fsp3) is 0.321. The average Bonchev–Trinajstić information content (AvgIpc) is 3.53. The van der Waals surface area contributed by atoms with Gasteiger partial charge in [-0.05, 0) is 70.5 Å². The number of sulfonamides is 1. The summed E-state index contributed by atoms with van der Waals surface area (Å²) in [4.78, 5) is 28.2. The molecule has 4 rings (SSSR count). The number of benzene rings is 2. The van der Waals surface area contributed by atoms with E-state index >= 15 is 0 Å². The second-order valence-corrected chi connectivity index (χ2v) is 12.2. The van der Waals surface area contributed by atoms with E-state index in [9.17, 15) is 18.0 Å². The molecule has 0 saturated carbocycles. The van der Waals surface area contributed by atoms with Crippen molar-refractivity contribution in [1.29, 1.82) is 5.41 Å². The maximum Gasteiger partial charge on any atom is 0.413 e. The van der Waals surface area contributed by atoms with Gasteiger partial charge in [0.1, 0.15) is 17.2 Å². The molecule has 39 heavy (non-hydrogen) atoms. The molecule has 1 aromatic heterocycles. The highest BCUT2D eigenvalue weighted by Crippen LogP contribution is 2.37. The van der Waals surface area contributed by atoms with Gasteiger partial charge in [-0.15, -0.1) is 0 Å². The molecule has 206 valence electrons. The number of carbonyl (C=O) groups excluding carboxylic acids is 2.